The molecule has 17 heavy (non-hydrogen) atoms. The lowest BCUT2D eigenvalue weighted by Crippen LogP contribution is -1.88. The normalized spacial score (nSPS) is 8.94. The number of nitrogens with two attached hydrogens (primary N) is 1. The number of nitro groups is 1. The molecule has 88 valence electrons. The van der Waals surface area contributed by atoms with E-state index in [1.54, 1.807) is 6.07 Å². The molecular formula is C11H10N2O3S. The highest BCUT2D eigenvalue weighted by Gasteiger charge is 2.00. The van der Waals surface area contributed by atoms with Crippen LogP contribution in [0.5, 0.6) is 0 Å². The van der Waals surface area contributed by atoms with Crippen molar-refractivity contribution in [1.82, 2.24) is 0 Å². The number of aldehydes is 1. The molecule has 1 aromatic heterocycles. The van der Waals surface area contributed by atoms with Crippen molar-refractivity contribution in [2.24, 2.45) is 0 Å². The molecule has 0 bridgehead atoms. The number of carbonyl (C=O) groups excluding carboxylic acids is 1. The molecule has 0 saturated carbocycles. The minimum Gasteiger partial charge on any atom is -0.399 e. The Morgan fingerprint density at radius 2 is 1.88 bits per heavy atom. The number of carbonyl (C=O) groups is 1. The van der Waals surface area contributed by atoms with Gasteiger partial charge < -0.3 is 5.73 Å². The van der Waals surface area contributed by atoms with E-state index >= 15 is 0 Å². The Kier molecular flexibility index (Phi) is 4.83. The first-order chi connectivity index (χ1) is 8.13. The first kappa shape index (κ1) is 12.9. The van der Waals surface area contributed by atoms with E-state index in [1.165, 1.54) is 35.6 Å². The first-order valence-electron chi connectivity index (χ1n) is 4.62. The summed E-state index contributed by atoms with van der Waals surface area (Å²) in [6, 6.07) is 9.38. The summed E-state index contributed by atoms with van der Waals surface area (Å²) in [5.74, 6) is 0. The summed E-state index contributed by atoms with van der Waals surface area (Å²) in [7, 11) is 0. The number of nitrogens with zero attached hydrogens (tertiary/aromatic N) is 1. The molecule has 0 atom stereocenters. The topological polar surface area (TPSA) is 86.2 Å². The maximum absolute atomic E-state index is 10.1. The van der Waals surface area contributed by atoms with Crippen molar-refractivity contribution in [2.45, 2.75) is 0 Å². The summed E-state index contributed by atoms with van der Waals surface area (Å²) in [5, 5.41) is 12.0. The smallest absolute Gasteiger partial charge is 0.269 e. The molecule has 1 heterocycles. The van der Waals surface area contributed by atoms with Crippen LogP contribution in [0.3, 0.4) is 0 Å². The van der Waals surface area contributed by atoms with E-state index in [9.17, 15) is 14.9 Å². The van der Waals surface area contributed by atoms with Crippen molar-refractivity contribution in [3.05, 3.63) is 56.8 Å². The summed E-state index contributed by atoms with van der Waals surface area (Å²) >= 11 is 1.45. The van der Waals surface area contributed by atoms with E-state index in [2.05, 4.69) is 0 Å². The van der Waals surface area contributed by atoms with Gasteiger partial charge in [0.25, 0.3) is 5.69 Å². The molecule has 0 unspecified atom stereocenters. The lowest BCUT2D eigenvalue weighted by molar-refractivity contribution is -0.384. The number of benzene rings is 1. The molecule has 0 radical (unpaired) electrons. The standard InChI is InChI=1S/C6H6N2O2.C5H4OS/c7-5-1-3-6(4-2-5)8(9)10;6-4-5-2-1-3-7-5/h1-4H,7H2;1-4H. The Balaban J connectivity index is 0.000000181. The second-order valence-electron chi connectivity index (χ2n) is 2.98. The van der Waals surface area contributed by atoms with Crippen molar-refractivity contribution in [1.29, 1.82) is 0 Å². The fraction of sp³-hybridized carbons (Fsp3) is 0. The molecule has 6 heteroatoms. The van der Waals surface area contributed by atoms with E-state index < -0.39 is 4.92 Å². The fourth-order valence-corrected chi connectivity index (χ4v) is 1.48. The van der Waals surface area contributed by atoms with Crippen molar-refractivity contribution in [2.75, 3.05) is 5.73 Å². The van der Waals surface area contributed by atoms with E-state index in [1.807, 2.05) is 11.4 Å². The highest BCUT2D eigenvalue weighted by Crippen LogP contribution is 2.12. The zero-order valence-electron chi connectivity index (χ0n) is 8.78. The van der Waals surface area contributed by atoms with Crippen molar-refractivity contribution in [3.8, 4) is 0 Å². The van der Waals surface area contributed by atoms with Gasteiger partial charge in [0.2, 0.25) is 0 Å². The van der Waals surface area contributed by atoms with Gasteiger partial charge in [-0.05, 0) is 23.6 Å². The lowest BCUT2D eigenvalue weighted by Gasteiger charge is -1.90. The number of anilines is 1. The molecule has 0 aliphatic rings. The summed E-state index contributed by atoms with van der Waals surface area (Å²) in [5.41, 5.74) is 5.90. The Labute approximate surface area is 102 Å². The van der Waals surface area contributed by atoms with Crippen LogP contribution in [-0.2, 0) is 0 Å². The molecule has 2 rings (SSSR count). The van der Waals surface area contributed by atoms with Crippen LogP contribution in [0.4, 0.5) is 11.4 Å². The number of nitro benzene ring substituents is 1. The Morgan fingerprint density at radius 3 is 2.24 bits per heavy atom. The minimum atomic E-state index is -0.459. The highest BCUT2D eigenvalue weighted by atomic mass is 32.1. The minimum absolute atomic E-state index is 0.0641. The van der Waals surface area contributed by atoms with Gasteiger partial charge >= 0.3 is 0 Å². The van der Waals surface area contributed by atoms with Crippen LogP contribution in [0.2, 0.25) is 0 Å². The first-order valence-corrected chi connectivity index (χ1v) is 5.50. The van der Waals surface area contributed by atoms with Gasteiger partial charge in [-0.2, -0.15) is 0 Å². The van der Waals surface area contributed by atoms with Crippen LogP contribution in [0.1, 0.15) is 9.67 Å². The van der Waals surface area contributed by atoms with Gasteiger partial charge in [-0.15, -0.1) is 11.3 Å². The number of nitrogen functional groups attached to an aromatic ring is 1. The van der Waals surface area contributed by atoms with Crippen LogP contribution >= 0.6 is 11.3 Å². The van der Waals surface area contributed by atoms with E-state index in [4.69, 9.17) is 5.73 Å². The van der Waals surface area contributed by atoms with Gasteiger partial charge in [-0.3, -0.25) is 14.9 Å². The summed E-state index contributed by atoms with van der Waals surface area (Å²) in [6.45, 7) is 0. The van der Waals surface area contributed by atoms with Crippen LogP contribution in [0, 0.1) is 10.1 Å². The van der Waals surface area contributed by atoms with Crippen molar-refractivity contribution < 1.29 is 9.72 Å². The third kappa shape index (κ3) is 4.43. The molecule has 0 spiro atoms. The Morgan fingerprint density at radius 1 is 1.24 bits per heavy atom. The van der Waals surface area contributed by atoms with Gasteiger partial charge in [-0.1, -0.05) is 6.07 Å². The molecule has 2 N–H and O–H groups in total. The molecule has 1 aromatic carbocycles. The van der Waals surface area contributed by atoms with Gasteiger partial charge in [-0.25, -0.2) is 0 Å². The molecule has 2 aromatic rings. The van der Waals surface area contributed by atoms with Gasteiger partial charge in [0.1, 0.15) is 0 Å². The third-order valence-corrected chi connectivity index (χ3v) is 2.56. The molecule has 0 saturated heterocycles. The number of non-ortho nitro benzene ring substituents is 1. The number of rotatable bonds is 2. The third-order valence-electron chi connectivity index (χ3n) is 1.76. The molecule has 0 aliphatic heterocycles. The van der Waals surface area contributed by atoms with Crippen LogP contribution in [0.25, 0.3) is 0 Å². The molecular weight excluding hydrogens is 240 g/mol. The summed E-state index contributed by atoms with van der Waals surface area (Å²) in [4.78, 5) is 20.3. The number of hydrogen-bond acceptors (Lipinski definition) is 5. The largest absolute Gasteiger partial charge is 0.399 e. The van der Waals surface area contributed by atoms with E-state index in [-0.39, 0.29) is 5.69 Å². The summed E-state index contributed by atoms with van der Waals surface area (Å²) < 4.78 is 0. The second-order valence-corrected chi connectivity index (χ2v) is 3.96. The van der Waals surface area contributed by atoms with Crippen molar-refractivity contribution >= 4 is 29.0 Å². The predicted molar refractivity (Wildman–Crippen MR) is 67.2 cm³/mol. The highest BCUT2D eigenvalue weighted by molar-refractivity contribution is 7.11. The van der Waals surface area contributed by atoms with Gasteiger partial charge in [0.15, 0.2) is 6.29 Å². The second kappa shape index (κ2) is 6.39. The SMILES string of the molecule is Nc1ccc([N+](=O)[O-])cc1.O=Cc1cccs1. The zero-order valence-corrected chi connectivity index (χ0v) is 9.59. The van der Waals surface area contributed by atoms with Crippen LogP contribution < -0.4 is 5.73 Å². The molecule has 0 amide bonds. The van der Waals surface area contributed by atoms with Crippen molar-refractivity contribution in [3.63, 3.8) is 0 Å². The maximum atomic E-state index is 10.1. The van der Waals surface area contributed by atoms with Gasteiger partial charge in [0, 0.05) is 17.8 Å². The molecule has 5 nitrogen and oxygen atoms in total. The quantitative estimate of drug-likeness (QED) is 0.384. The number of hydrogen-bond donors (Lipinski definition) is 1. The predicted octanol–water partition coefficient (Wildman–Crippen LogP) is 2.74. The lowest BCUT2D eigenvalue weighted by atomic mass is 10.3. The monoisotopic (exact) mass is 250 g/mol. The van der Waals surface area contributed by atoms with Gasteiger partial charge in [0.05, 0.1) is 9.80 Å². The Hall–Kier alpha value is -2.21. The average Bonchev–Trinajstić information content (AvgIpc) is 2.83. The Bertz CT molecular complexity index is 480. The fourth-order valence-electron chi connectivity index (χ4n) is 0.954. The zero-order chi connectivity index (χ0) is 12.7. The van der Waals surface area contributed by atoms with Crippen LogP contribution in [0.15, 0.2) is 41.8 Å². The average molecular weight is 250 g/mol. The molecule has 0 fully saturated rings. The number of thiophene rings is 1. The van der Waals surface area contributed by atoms with Crippen LogP contribution in [-0.4, -0.2) is 11.2 Å². The maximum Gasteiger partial charge on any atom is 0.269 e. The van der Waals surface area contributed by atoms with E-state index in [0.29, 0.717) is 5.69 Å². The summed E-state index contributed by atoms with van der Waals surface area (Å²) in [6.07, 6.45) is 0.852. The van der Waals surface area contributed by atoms with E-state index in [0.717, 1.165) is 11.2 Å². The molecule has 0 aliphatic carbocycles.